The largest absolute Gasteiger partial charge is 0.454 e. The van der Waals surface area contributed by atoms with E-state index in [9.17, 15) is 4.39 Å². The predicted molar refractivity (Wildman–Crippen MR) is 81.1 cm³/mol. The molecule has 0 heterocycles. The van der Waals surface area contributed by atoms with Crippen molar-refractivity contribution in [2.75, 3.05) is 13.7 Å². The molecule has 112 valence electrons. The zero-order valence-electron chi connectivity index (χ0n) is 12.3. The van der Waals surface area contributed by atoms with E-state index in [4.69, 9.17) is 15.2 Å². The van der Waals surface area contributed by atoms with E-state index in [2.05, 4.69) is 0 Å². The lowest BCUT2D eigenvalue weighted by molar-refractivity contribution is 0.202. The first-order valence-corrected chi connectivity index (χ1v) is 6.91. The summed E-state index contributed by atoms with van der Waals surface area (Å²) in [6.07, 6.45) is 0.841. The Labute approximate surface area is 124 Å². The number of nitrogens with two attached hydrogens (primary N) is 1. The van der Waals surface area contributed by atoms with E-state index in [-0.39, 0.29) is 11.8 Å². The van der Waals surface area contributed by atoms with Gasteiger partial charge < -0.3 is 15.2 Å². The van der Waals surface area contributed by atoms with Crippen molar-refractivity contribution in [3.05, 3.63) is 59.4 Å². The Hall–Kier alpha value is -1.91. The Bertz CT molecular complexity index is 582. The van der Waals surface area contributed by atoms with Gasteiger partial charge in [-0.25, -0.2) is 4.39 Å². The van der Waals surface area contributed by atoms with Crippen LogP contribution in [0.15, 0.2) is 42.5 Å². The van der Waals surface area contributed by atoms with Gasteiger partial charge in [-0.1, -0.05) is 18.2 Å². The summed E-state index contributed by atoms with van der Waals surface area (Å²) < 4.78 is 24.5. The SMILES string of the molecule is COCCc1ccc(Oc2ccc([C@H](C)N)cc2F)cc1. The molecule has 21 heavy (non-hydrogen) atoms. The number of ether oxygens (including phenoxy) is 2. The van der Waals surface area contributed by atoms with Crippen LogP contribution in [-0.2, 0) is 11.2 Å². The lowest BCUT2D eigenvalue weighted by Crippen LogP contribution is -2.05. The second-order valence-electron chi connectivity index (χ2n) is 4.97. The van der Waals surface area contributed by atoms with Gasteiger partial charge in [0.05, 0.1) is 6.61 Å². The van der Waals surface area contributed by atoms with Crippen LogP contribution in [0.5, 0.6) is 11.5 Å². The second-order valence-corrected chi connectivity index (χ2v) is 4.97. The molecule has 2 aromatic carbocycles. The molecule has 0 unspecified atom stereocenters. The molecule has 2 aromatic rings. The van der Waals surface area contributed by atoms with E-state index in [1.807, 2.05) is 31.2 Å². The van der Waals surface area contributed by atoms with E-state index < -0.39 is 5.82 Å². The van der Waals surface area contributed by atoms with Crippen molar-refractivity contribution in [2.24, 2.45) is 5.73 Å². The Morgan fingerprint density at radius 3 is 2.43 bits per heavy atom. The average molecular weight is 289 g/mol. The van der Waals surface area contributed by atoms with E-state index in [0.717, 1.165) is 17.5 Å². The van der Waals surface area contributed by atoms with E-state index in [1.165, 1.54) is 6.07 Å². The molecule has 1 atom stereocenters. The van der Waals surface area contributed by atoms with Crippen molar-refractivity contribution in [3.8, 4) is 11.5 Å². The number of methoxy groups -OCH3 is 1. The van der Waals surface area contributed by atoms with Crippen molar-refractivity contribution in [3.63, 3.8) is 0 Å². The van der Waals surface area contributed by atoms with E-state index >= 15 is 0 Å². The molecule has 0 saturated carbocycles. The van der Waals surface area contributed by atoms with Crippen LogP contribution < -0.4 is 10.5 Å². The van der Waals surface area contributed by atoms with Gasteiger partial charge in [0.15, 0.2) is 11.6 Å². The van der Waals surface area contributed by atoms with Gasteiger partial charge in [0.2, 0.25) is 0 Å². The quantitative estimate of drug-likeness (QED) is 0.879. The molecule has 0 aliphatic heterocycles. The van der Waals surface area contributed by atoms with Gasteiger partial charge >= 0.3 is 0 Å². The fourth-order valence-electron chi connectivity index (χ4n) is 1.95. The van der Waals surface area contributed by atoms with Crippen LogP contribution >= 0.6 is 0 Å². The van der Waals surface area contributed by atoms with Gasteiger partial charge in [-0.3, -0.25) is 0 Å². The molecule has 0 amide bonds. The third-order valence-electron chi connectivity index (χ3n) is 3.23. The van der Waals surface area contributed by atoms with Gasteiger partial charge in [0.1, 0.15) is 5.75 Å². The molecule has 2 rings (SSSR count). The number of hydrogen-bond donors (Lipinski definition) is 1. The summed E-state index contributed by atoms with van der Waals surface area (Å²) in [6.45, 7) is 2.49. The molecule has 0 aliphatic carbocycles. The van der Waals surface area contributed by atoms with Crippen LogP contribution in [0, 0.1) is 5.82 Å². The number of halogens is 1. The van der Waals surface area contributed by atoms with Crippen LogP contribution in [0.4, 0.5) is 4.39 Å². The Kier molecular flexibility index (Phi) is 5.31. The van der Waals surface area contributed by atoms with Gasteiger partial charge in [0, 0.05) is 13.2 Å². The summed E-state index contributed by atoms with van der Waals surface area (Å²) in [6, 6.07) is 12.1. The number of benzene rings is 2. The molecule has 0 aliphatic rings. The van der Waals surface area contributed by atoms with E-state index in [0.29, 0.717) is 12.4 Å². The first-order valence-electron chi connectivity index (χ1n) is 6.91. The smallest absolute Gasteiger partial charge is 0.166 e. The van der Waals surface area contributed by atoms with Crippen LogP contribution in [0.3, 0.4) is 0 Å². The summed E-state index contributed by atoms with van der Waals surface area (Å²) in [7, 11) is 1.67. The molecule has 0 aromatic heterocycles. The molecule has 0 saturated heterocycles. The van der Waals surface area contributed by atoms with Crippen molar-refractivity contribution in [2.45, 2.75) is 19.4 Å². The van der Waals surface area contributed by atoms with Gasteiger partial charge in [0.25, 0.3) is 0 Å². The second kappa shape index (κ2) is 7.20. The lowest BCUT2D eigenvalue weighted by atomic mass is 10.1. The molecule has 4 heteroatoms. The Morgan fingerprint density at radius 2 is 1.86 bits per heavy atom. The zero-order chi connectivity index (χ0) is 15.2. The van der Waals surface area contributed by atoms with E-state index in [1.54, 1.807) is 19.2 Å². The first kappa shape index (κ1) is 15.5. The Balaban J connectivity index is 2.07. The third kappa shape index (κ3) is 4.28. The van der Waals surface area contributed by atoms with Crippen LogP contribution in [0.2, 0.25) is 0 Å². The Morgan fingerprint density at radius 1 is 1.14 bits per heavy atom. The van der Waals surface area contributed by atoms with Gasteiger partial charge in [-0.05, 0) is 48.7 Å². The molecular formula is C17H20FNO2. The van der Waals surface area contributed by atoms with Crippen molar-refractivity contribution in [1.82, 2.24) is 0 Å². The zero-order valence-corrected chi connectivity index (χ0v) is 12.3. The molecule has 0 radical (unpaired) electrons. The predicted octanol–water partition coefficient (Wildman–Crippen LogP) is 3.83. The highest BCUT2D eigenvalue weighted by Gasteiger charge is 2.08. The average Bonchev–Trinajstić information content (AvgIpc) is 2.48. The number of rotatable bonds is 6. The van der Waals surface area contributed by atoms with Crippen LogP contribution in [0.1, 0.15) is 24.1 Å². The summed E-state index contributed by atoms with van der Waals surface area (Å²) in [5, 5.41) is 0. The summed E-state index contributed by atoms with van der Waals surface area (Å²) in [5.74, 6) is 0.390. The highest BCUT2D eigenvalue weighted by atomic mass is 19.1. The number of hydrogen-bond acceptors (Lipinski definition) is 3. The topological polar surface area (TPSA) is 44.5 Å². The first-order chi connectivity index (χ1) is 10.1. The maximum absolute atomic E-state index is 13.9. The van der Waals surface area contributed by atoms with Gasteiger partial charge in [-0.15, -0.1) is 0 Å². The molecule has 2 N–H and O–H groups in total. The van der Waals surface area contributed by atoms with Crippen LogP contribution in [-0.4, -0.2) is 13.7 Å². The summed E-state index contributed by atoms with van der Waals surface area (Å²) in [4.78, 5) is 0. The standard InChI is InChI=1S/C17H20FNO2/c1-12(19)14-5-8-17(16(18)11-14)21-15-6-3-13(4-7-15)9-10-20-2/h3-8,11-12H,9-10,19H2,1-2H3/t12-/m0/s1. The highest BCUT2D eigenvalue weighted by molar-refractivity contribution is 5.36. The maximum Gasteiger partial charge on any atom is 0.166 e. The minimum absolute atomic E-state index is 0.198. The molecule has 3 nitrogen and oxygen atoms in total. The summed E-state index contributed by atoms with van der Waals surface area (Å²) in [5.41, 5.74) is 7.62. The van der Waals surface area contributed by atoms with Gasteiger partial charge in [-0.2, -0.15) is 0 Å². The van der Waals surface area contributed by atoms with Crippen molar-refractivity contribution < 1.29 is 13.9 Å². The fourth-order valence-corrected chi connectivity index (χ4v) is 1.95. The monoisotopic (exact) mass is 289 g/mol. The minimum Gasteiger partial charge on any atom is -0.454 e. The third-order valence-corrected chi connectivity index (χ3v) is 3.23. The normalized spacial score (nSPS) is 12.2. The highest BCUT2D eigenvalue weighted by Crippen LogP contribution is 2.26. The lowest BCUT2D eigenvalue weighted by Gasteiger charge is -2.10. The summed E-state index contributed by atoms with van der Waals surface area (Å²) >= 11 is 0. The van der Waals surface area contributed by atoms with Crippen molar-refractivity contribution in [1.29, 1.82) is 0 Å². The van der Waals surface area contributed by atoms with Crippen LogP contribution in [0.25, 0.3) is 0 Å². The molecule has 0 spiro atoms. The molecular weight excluding hydrogens is 269 g/mol. The van der Waals surface area contributed by atoms with Crippen molar-refractivity contribution >= 4 is 0 Å². The maximum atomic E-state index is 13.9. The minimum atomic E-state index is -0.409. The fraction of sp³-hybridized carbons (Fsp3) is 0.294. The molecule has 0 bridgehead atoms. The molecule has 0 fully saturated rings.